The molecule has 1 heterocycles. The number of aromatic nitrogens is 2. The Bertz CT molecular complexity index is 593. The van der Waals surface area contributed by atoms with Gasteiger partial charge >= 0.3 is 0 Å². The molecule has 0 bridgehead atoms. The van der Waals surface area contributed by atoms with Crippen molar-refractivity contribution in [3.05, 3.63) is 54.0 Å². The standard InChI is InChI=1S/C18H24N4/c1-22(2)11-10-16(14-6-4-3-5-7-14)21-18-12-17(15-8-9-15)19-13-20-18/h3-7,12-13,15-16H,8-11H2,1-2H3,(H,19,20,21)/t16-/m0/s1. The first-order valence-electron chi connectivity index (χ1n) is 8.00. The topological polar surface area (TPSA) is 41.0 Å². The number of hydrogen-bond acceptors (Lipinski definition) is 4. The van der Waals surface area contributed by atoms with E-state index in [0.29, 0.717) is 5.92 Å². The quantitative estimate of drug-likeness (QED) is 0.849. The van der Waals surface area contributed by atoms with E-state index in [4.69, 9.17) is 0 Å². The lowest BCUT2D eigenvalue weighted by Crippen LogP contribution is -2.20. The molecule has 2 aromatic rings. The molecule has 22 heavy (non-hydrogen) atoms. The van der Waals surface area contributed by atoms with Gasteiger partial charge in [0.1, 0.15) is 12.1 Å². The van der Waals surface area contributed by atoms with Crippen LogP contribution in [0.4, 0.5) is 5.82 Å². The maximum Gasteiger partial charge on any atom is 0.130 e. The van der Waals surface area contributed by atoms with Crippen LogP contribution in [0, 0.1) is 0 Å². The molecule has 1 atom stereocenters. The SMILES string of the molecule is CN(C)CC[C@H](Nc1cc(C2CC2)ncn1)c1ccccc1. The van der Waals surface area contributed by atoms with E-state index in [9.17, 15) is 0 Å². The fourth-order valence-electron chi connectivity index (χ4n) is 2.63. The van der Waals surface area contributed by atoms with Crippen molar-refractivity contribution in [3.63, 3.8) is 0 Å². The average molecular weight is 296 g/mol. The maximum absolute atomic E-state index is 4.41. The van der Waals surface area contributed by atoms with Gasteiger partial charge in [0.15, 0.2) is 0 Å². The summed E-state index contributed by atoms with van der Waals surface area (Å²) in [6, 6.07) is 13.0. The summed E-state index contributed by atoms with van der Waals surface area (Å²) in [5, 5.41) is 3.60. The maximum atomic E-state index is 4.41. The van der Waals surface area contributed by atoms with E-state index >= 15 is 0 Å². The number of nitrogens with zero attached hydrogens (tertiary/aromatic N) is 3. The van der Waals surface area contributed by atoms with Crippen molar-refractivity contribution >= 4 is 5.82 Å². The zero-order valence-corrected chi connectivity index (χ0v) is 13.4. The van der Waals surface area contributed by atoms with Crippen molar-refractivity contribution in [1.29, 1.82) is 0 Å². The Hall–Kier alpha value is -1.94. The van der Waals surface area contributed by atoms with E-state index in [2.05, 4.69) is 70.7 Å². The lowest BCUT2D eigenvalue weighted by molar-refractivity contribution is 0.388. The summed E-state index contributed by atoms with van der Waals surface area (Å²) in [5.41, 5.74) is 2.48. The van der Waals surface area contributed by atoms with Crippen LogP contribution < -0.4 is 5.32 Å². The molecule has 0 spiro atoms. The van der Waals surface area contributed by atoms with Crippen molar-refractivity contribution in [2.24, 2.45) is 0 Å². The second kappa shape index (κ2) is 6.88. The first-order valence-corrected chi connectivity index (χ1v) is 8.00. The van der Waals surface area contributed by atoms with Crippen molar-refractivity contribution in [1.82, 2.24) is 14.9 Å². The van der Waals surface area contributed by atoms with Crippen LogP contribution in [-0.4, -0.2) is 35.5 Å². The Morgan fingerprint density at radius 3 is 2.64 bits per heavy atom. The minimum absolute atomic E-state index is 0.269. The van der Waals surface area contributed by atoms with Gasteiger partial charge in [0.2, 0.25) is 0 Å². The second-order valence-electron chi connectivity index (χ2n) is 6.30. The summed E-state index contributed by atoms with van der Waals surface area (Å²) in [7, 11) is 4.22. The number of hydrogen-bond donors (Lipinski definition) is 1. The summed E-state index contributed by atoms with van der Waals surface area (Å²) in [6.07, 6.45) is 5.25. The van der Waals surface area contributed by atoms with Crippen molar-refractivity contribution in [2.45, 2.75) is 31.2 Å². The average Bonchev–Trinajstić information content (AvgIpc) is 3.37. The van der Waals surface area contributed by atoms with Crippen LogP contribution in [0.3, 0.4) is 0 Å². The molecule has 1 saturated carbocycles. The van der Waals surface area contributed by atoms with Gasteiger partial charge in [0.25, 0.3) is 0 Å². The molecule has 1 aromatic carbocycles. The Morgan fingerprint density at radius 2 is 1.95 bits per heavy atom. The molecule has 1 N–H and O–H groups in total. The third-order valence-corrected chi connectivity index (χ3v) is 4.07. The summed E-state index contributed by atoms with van der Waals surface area (Å²) < 4.78 is 0. The molecule has 1 aromatic heterocycles. The fraction of sp³-hybridized carbons (Fsp3) is 0.444. The highest BCUT2D eigenvalue weighted by Gasteiger charge is 2.25. The molecule has 0 saturated heterocycles. The first kappa shape index (κ1) is 15.0. The van der Waals surface area contributed by atoms with Crippen LogP contribution >= 0.6 is 0 Å². The van der Waals surface area contributed by atoms with Crippen molar-refractivity contribution in [2.75, 3.05) is 26.0 Å². The third-order valence-electron chi connectivity index (χ3n) is 4.07. The van der Waals surface area contributed by atoms with Crippen LogP contribution in [0.25, 0.3) is 0 Å². The largest absolute Gasteiger partial charge is 0.363 e. The summed E-state index contributed by atoms with van der Waals surface area (Å²) >= 11 is 0. The molecule has 1 fully saturated rings. The van der Waals surface area contributed by atoms with E-state index in [1.54, 1.807) is 6.33 Å². The van der Waals surface area contributed by atoms with Gasteiger partial charge in [0.05, 0.1) is 6.04 Å². The lowest BCUT2D eigenvalue weighted by atomic mass is 10.0. The molecule has 0 aliphatic heterocycles. The van der Waals surface area contributed by atoms with Gasteiger partial charge in [-0.15, -0.1) is 0 Å². The Balaban J connectivity index is 1.75. The smallest absolute Gasteiger partial charge is 0.130 e. The molecule has 1 aliphatic rings. The summed E-state index contributed by atoms with van der Waals surface area (Å²) in [6.45, 7) is 1.03. The van der Waals surface area contributed by atoms with Crippen LogP contribution in [0.2, 0.25) is 0 Å². The van der Waals surface area contributed by atoms with Gasteiger partial charge in [-0.05, 0) is 45.5 Å². The van der Waals surface area contributed by atoms with Crippen LogP contribution in [0.5, 0.6) is 0 Å². The Morgan fingerprint density at radius 1 is 1.18 bits per heavy atom. The van der Waals surface area contributed by atoms with E-state index in [1.165, 1.54) is 24.1 Å². The molecular formula is C18H24N4. The van der Waals surface area contributed by atoms with E-state index < -0.39 is 0 Å². The van der Waals surface area contributed by atoms with Gasteiger partial charge in [-0.1, -0.05) is 30.3 Å². The Labute approximate surface area is 132 Å². The van der Waals surface area contributed by atoms with Gasteiger partial charge in [-0.2, -0.15) is 0 Å². The van der Waals surface area contributed by atoms with Crippen molar-refractivity contribution in [3.8, 4) is 0 Å². The predicted molar refractivity (Wildman–Crippen MR) is 90.0 cm³/mol. The molecule has 3 rings (SSSR count). The van der Waals surface area contributed by atoms with E-state index in [-0.39, 0.29) is 6.04 Å². The van der Waals surface area contributed by atoms with Gasteiger partial charge in [-0.3, -0.25) is 0 Å². The first-order chi connectivity index (χ1) is 10.7. The molecule has 1 aliphatic carbocycles. The number of nitrogens with one attached hydrogen (secondary N) is 1. The highest BCUT2D eigenvalue weighted by atomic mass is 15.1. The van der Waals surface area contributed by atoms with Crippen LogP contribution in [0.15, 0.2) is 42.7 Å². The number of rotatable bonds is 7. The highest BCUT2D eigenvalue weighted by Crippen LogP contribution is 2.39. The van der Waals surface area contributed by atoms with E-state index in [1.807, 2.05) is 0 Å². The third kappa shape index (κ3) is 4.04. The molecular weight excluding hydrogens is 272 g/mol. The number of anilines is 1. The molecule has 4 nitrogen and oxygen atoms in total. The number of benzene rings is 1. The normalized spacial score (nSPS) is 15.8. The highest BCUT2D eigenvalue weighted by molar-refractivity contribution is 5.40. The zero-order valence-electron chi connectivity index (χ0n) is 13.4. The van der Waals surface area contributed by atoms with Gasteiger partial charge < -0.3 is 10.2 Å². The molecule has 0 amide bonds. The monoisotopic (exact) mass is 296 g/mol. The predicted octanol–water partition coefficient (Wildman–Crippen LogP) is 3.46. The van der Waals surface area contributed by atoms with Gasteiger partial charge in [0, 0.05) is 17.7 Å². The minimum Gasteiger partial charge on any atom is -0.363 e. The Kier molecular flexibility index (Phi) is 4.68. The second-order valence-corrected chi connectivity index (χ2v) is 6.30. The summed E-state index contributed by atoms with van der Waals surface area (Å²) in [4.78, 5) is 11.0. The van der Waals surface area contributed by atoms with Crippen molar-refractivity contribution < 1.29 is 0 Å². The van der Waals surface area contributed by atoms with Crippen LogP contribution in [0.1, 0.15) is 42.5 Å². The van der Waals surface area contributed by atoms with E-state index in [0.717, 1.165) is 18.8 Å². The lowest BCUT2D eigenvalue weighted by Gasteiger charge is -2.22. The molecule has 0 radical (unpaired) electrons. The zero-order chi connectivity index (χ0) is 15.4. The van der Waals surface area contributed by atoms with Gasteiger partial charge in [-0.25, -0.2) is 9.97 Å². The molecule has 116 valence electrons. The van der Waals surface area contributed by atoms with Crippen LogP contribution in [-0.2, 0) is 0 Å². The summed E-state index contributed by atoms with van der Waals surface area (Å²) in [5.74, 6) is 1.59. The molecule has 0 unspecified atom stereocenters. The molecule has 4 heteroatoms. The fourth-order valence-corrected chi connectivity index (χ4v) is 2.63. The minimum atomic E-state index is 0.269.